The smallest absolute Gasteiger partial charge is 0.244 e. The molecule has 29 heavy (non-hydrogen) atoms. The van der Waals surface area contributed by atoms with Crippen LogP contribution in [0.2, 0.25) is 0 Å². The van der Waals surface area contributed by atoms with Gasteiger partial charge in [-0.15, -0.1) is 0 Å². The first-order valence-electron chi connectivity index (χ1n) is 9.73. The summed E-state index contributed by atoms with van der Waals surface area (Å²) in [6.45, 7) is 5.78. The Morgan fingerprint density at radius 3 is 2.10 bits per heavy atom. The molecule has 2 aromatic carbocycles. The van der Waals surface area contributed by atoms with Crippen molar-refractivity contribution in [3.63, 3.8) is 0 Å². The number of nitrogens with zero attached hydrogens (tertiary/aromatic N) is 1. The zero-order valence-corrected chi connectivity index (χ0v) is 18.5. The Kier molecular flexibility index (Phi) is 7.67. The summed E-state index contributed by atoms with van der Waals surface area (Å²) in [7, 11) is -2.13. The van der Waals surface area contributed by atoms with Gasteiger partial charge >= 0.3 is 0 Å². The maximum absolute atomic E-state index is 13.0. The summed E-state index contributed by atoms with van der Waals surface area (Å²) >= 11 is 0. The average Bonchev–Trinajstić information content (AvgIpc) is 2.71. The molecule has 0 aliphatic rings. The number of anilines is 1. The van der Waals surface area contributed by atoms with Crippen LogP contribution in [0.3, 0.4) is 0 Å². The van der Waals surface area contributed by atoms with E-state index in [9.17, 15) is 13.2 Å². The number of nitrogens with one attached hydrogen (secondary N) is 1. The predicted octanol–water partition coefficient (Wildman–Crippen LogP) is 3.68. The van der Waals surface area contributed by atoms with Crippen molar-refractivity contribution in [3.8, 4) is 5.75 Å². The number of amides is 1. The van der Waals surface area contributed by atoms with Gasteiger partial charge in [-0.3, -0.25) is 9.10 Å². The Morgan fingerprint density at radius 1 is 1.07 bits per heavy atom. The van der Waals surface area contributed by atoms with Gasteiger partial charge in [-0.25, -0.2) is 8.42 Å². The van der Waals surface area contributed by atoms with E-state index < -0.39 is 16.1 Å². The standard InChI is InChI=1S/C22H30N2O4S/c1-6-17-8-10-18(11-9-17)16(3)23-22(25)21(7-2)24(29(5,26)27)19-12-14-20(28-4)15-13-19/h8-16,21H,6-7H2,1-5H3,(H,23,25). The molecule has 1 N–H and O–H groups in total. The van der Waals surface area contributed by atoms with Crippen molar-refractivity contribution in [2.24, 2.45) is 0 Å². The third-order valence-corrected chi connectivity index (χ3v) is 6.08. The molecule has 0 aromatic heterocycles. The summed E-state index contributed by atoms with van der Waals surface area (Å²) in [5, 5.41) is 2.96. The lowest BCUT2D eigenvalue weighted by Crippen LogP contribution is -2.49. The molecule has 2 aromatic rings. The second kappa shape index (κ2) is 9.78. The summed E-state index contributed by atoms with van der Waals surface area (Å²) in [5.41, 5.74) is 2.62. The van der Waals surface area contributed by atoms with E-state index in [-0.39, 0.29) is 11.9 Å². The quantitative estimate of drug-likeness (QED) is 0.674. The minimum absolute atomic E-state index is 0.236. The van der Waals surface area contributed by atoms with Crippen LogP contribution in [0.5, 0.6) is 5.75 Å². The molecule has 6 nitrogen and oxygen atoms in total. The number of carbonyl (C=O) groups is 1. The lowest BCUT2D eigenvalue weighted by molar-refractivity contribution is -0.122. The van der Waals surface area contributed by atoms with E-state index in [0.717, 1.165) is 18.2 Å². The van der Waals surface area contributed by atoms with Gasteiger partial charge in [-0.2, -0.15) is 0 Å². The van der Waals surface area contributed by atoms with Crippen molar-refractivity contribution in [1.82, 2.24) is 5.32 Å². The van der Waals surface area contributed by atoms with Crippen LogP contribution in [-0.4, -0.2) is 33.7 Å². The maximum atomic E-state index is 13.0. The van der Waals surface area contributed by atoms with E-state index in [1.54, 1.807) is 38.3 Å². The molecule has 2 unspecified atom stereocenters. The summed E-state index contributed by atoms with van der Waals surface area (Å²) in [4.78, 5) is 13.0. The van der Waals surface area contributed by atoms with E-state index >= 15 is 0 Å². The molecule has 0 bridgehead atoms. The molecule has 0 saturated carbocycles. The number of carbonyl (C=O) groups excluding carboxylic acids is 1. The molecule has 0 aliphatic carbocycles. The first-order chi connectivity index (χ1) is 13.7. The predicted molar refractivity (Wildman–Crippen MR) is 117 cm³/mol. The molecule has 0 aliphatic heterocycles. The number of benzene rings is 2. The molecule has 0 radical (unpaired) electrons. The molecule has 0 heterocycles. The van der Waals surface area contributed by atoms with Crippen LogP contribution < -0.4 is 14.4 Å². The van der Waals surface area contributed by atoms with E-state index in [0.29, 0.717) is 17.9 Å². The van der Waals surface area contributed by atoms with Gasteiger partial charge in [0, 0.05) is 0 Å². The molecule has 0 spiro atoms. The minimum Gasteiger partial charge on any atom is -0.497 e. The van der Waals surface area contributed by atoms with Gasteiger partial charge in [0.25, 0.3) is 0 Å². The number of sulfonamides is 1. The second-order valence-electron chi connectivity index (χ2n) is 7.01. The van der Waals surface area contributed by atoms with Gasteiger partial charge in [0.2, 0.25) is 15.9 Å². The van der Waals surface area contributed by atoms with Gasteiger partial charge in [-0.1, -0.05) is 38.1 Å². The van der Waals surface area contributed by atoms with Crippen LogP contribution in [0.1, 0.15) is 44.4 Å². The minimum atomic E-state index is -3.67. The molecule has 0 fully saturated rings. The molecular formula is C22H30N2O4S. The van der Waals surface area contributed by atoms with E-state index in [2.05, 4.69) is 12.2 Å². The fraction of sp³-hybridized carbons (Fsp3) is 0.409. The molecule has 158 valence electrons. The van der Waals surface area contributed by atoms with Crippen LogP contribution >= 0.6 is 0 Å². The second-order valence-corrected chi connectivity index (χ2v) is 8.87. The summed E-state index contributed by atoms with van der Waals surface area (Å²) in [5.74, 6) is 0.282. The highest BCUT2D eigenvalue weighted by Gasteiger charge is 2.32. The van der Waals surface area contributed by atoms with Crippen LogP contribution in [0.4, 0.5) is 5.69 Å². The highest BCUT2D eigenvalue weighted by atomic mass is 32.2. The van der Waals surface area contributed by atoms with Crippen molar-refractivity contribution < 1.29 is 17.9 Å². The maximum Gasteiger partial charge on any atom is 0.244 e. The number of aryl methyl sites for hydroxylation is 1. The highest BCUT2D eigenvalue weighted by molar-refractivity contribution is 7.92. The van der Waals surface area contributed by atoms with E-state index in [1.807, 2.05) is 31.2 Å². The summed E-state index contributed by atoms with van der Waals surface area (Å²) < 4.78 is 31.4. The molecule has 7 heteroatoms. The van der Waals surface area contributed by atoms with Crippen molar-refractivity contribution in [2.45, 2.75) is 45.7 Å². The van der Waals surface area contributed by atoms with Gasteiger partial charge < -0.3 is 10.1 Å². The number of hydrogen-bond acceptors (Lipinski definition) is 4. The average molecular weight is 419 g/mol. The van der Waals surface area contributed by atoms with E-state index in [1.165, 1.54) is 9.87 Å². The van der Waals surface area contributed by atoms with Crippen LogP contribution in [0.25, 0.3) is 0 Å². The molecule has 0 saturated heterocycles. The van der Waals surface area contributed by atoms with Crippen molar-refractivity contribution in [1.29, 1.82) is 0 Å². The Morgan fingerprint density at radius 2 is 1.66 bits per heavy atom. The van der Waals surface area contributed by atoms with E-state index in [4.69, 9.17) is 4.74 Å². The third kappa shape index (κ3) is 5.73. The van der Waals surface area contributed by atoms with Crippen molar-refractivity contribution in [3.05, 3.63) is 59.7 Å². The Bertz CT molecular complexity index is 909. The highest BCUT2D eigenvalue weighted by Crippen LogP contribution is 2.25. The van der Waals surface area contributed by atoms with Gasteiger partial charge in [0.15, 0.2) is 0 Å². The van der Waals surface area contributed by atoms with Crippen LogP contribution in [-0.2, 0) is 21.2 Å². The van der Waals surface area contributed by atoms with Crippen LogP contribution in [0, 0.1) is 0 Å². The van der Waals surface area contributed by atoms with Gasteiger partial charge in [-0.05, 0) is 55.2 Å². The van der Waals surface area contributed by atoms with Crippen molar-refractivity contribution >= 4 is 21.6 Å². The molecule has 2 atom stereocenters. The monoisotopic (exact) mass is 418 g/mol. The number of hydrogen-bond donors (Lipinski definition) is 1. The number of methoxy groups -OCH3 is 1. The fourth-order valence-electron chi connectivity index (χ4n) is 3.22. The molecule has 2 rings (SSSR count). The lowest BCUT2D eigenvalue weighted by atomic mass is 10.0. The first-order valence-corrected chi connectivity index (χ1v) is 11.6. The zero-order chi connectivity index (χ0) is 21.6. The Labute approximate surface area is 173 Å². The van der Waals surface area contributed by atoms with Crippen molar-refractivity contribution in [2.75, 3.05) is 17.7 Å². The zero-order valence-electron chi connectivity index (χ0n) is 17.7. The first kappa shape index (κ1) is 22.7. The topological polar surface area (TPSA) is 75.7 Å². The Balaban J connectivity index is 2.26. The number of rotatable bonds is 9. The third-order valence-electron chi connectivity index (χ3n) is 4.90. The number of ether oxygens (including phenoxy) is 1. The van der Waals surface area contributed by atoms with Gasteiger partial charge in [0.1, 0.15) is 11.8 Å². The molecular weight excluding hydrogens is 388 g/mol. The largest absolute Gasteiger partial charge is 0.497 e. The summed E-state index contributed by atoms with van der Waals surface area (Å²) in [6.07, 6.45) is 2.40. The van der Waals surface area contributed by atoms with Gasteiger partial charge in [0.05, 0.1) is 25.1 Å². The SMILES string of the molecule is CCc1ccc(C(C)NC(=O)C(CC)N(c2ccc(OC)cc2)S(C)(=O)=O)cc1. The van der Waals surface area contributed by atoms with Crippen LogP contribution in [0.15, 0.2) is 48.5 Å². The Hall–Kier alpha value is -2.54. The fourth-order valence-corrected chi connectivity index (χ4v) is 4.44. The lowest BCUT2D eigenvalue weighted by Gasteiger charge is -2.31. The molecule has 1 amide bonds. The normalized spacial score (nSPS) is 13.4. The summed E-state index contributed by atoms with van der Waals surface area (Å²) in [6, 6.07) is 13.6.